The second-order valence-corrected chi connectivity index (χ2v) is 12.8. The topological polar surface area (TPSA) is 208 Å². The number of phosphoric acid groups is 1. The Hall–Kier alpha value is -2.33. The summed E-state index contributed by atoms with van der Waals surface area (Å²) in [6.45, 7) is 0.260. The summed E-state index contributed by atoms with van der Waals surface area (Å²) in [5, 5.41) is 29.6. The van der Waals surface area contributed by atoms with Gasteiger partial charge in [-0.3, -0.25) is 23.8 Å². The maximum Gasteiger partial charge on any atom is 0.530 e. The molecule has 5 N–H and O–H groups in total. The number of carbonyl (C=O) groups is 1. The summed E-state index contributed by atoms with van der Waals surface area (Å²) in [5.74, 6) is 1.03. The van der Waals surface area contributed by atoms with Gasteiger partial charge in [-0.25, -0.2) is 19.5 Å². The first-order valence-electron chi connectivity index (χ1n) is 13.0. The molecule has 2 aliphatic heterocycles. The fourth-order valence-corrected chi connectivity index (χ4v) is 6.80. The van der Waals surface area contributed by atoms with E-state index in [0.29, 0.717) is 35.8 Å². The number of imidazole rings is 1. The third kappa shape index (κ3) is 7.29. The predicted octanol–water partition coefficient (Wildman–Crippen LogP) is 1.71. The standard InChI is InChI=1S/C23H36N7O8PS/c1-29-10-14(40-9-5-8-17(29)31)6-3-4-7-16(24)38-39(34,35-2)36-11-15-19(32)20(33)23(37-15)30-13-28-18-21(25)26-12-27-22(18)30/h12-15,19-20,23-24,32-33H,3-11H2,1-2H3,(H2,25,26,27). The minimum Gasteiger partial charge on any atom is -0.390 e. The molecule has 6 atom stereocenters. The van der Waals surface area contributed by atoms with Crippen LogP contribution in [0.2, 0.25) is 0 Å². The van der Waals surface area contributed by atoms with Crippen LogP contribution < -0.4 is 5.73 Å². The number of aliphatic hydroxyl groups is 2. The van der Waals surface area contributed by atoms with Crippen LogP contribution in [-0.2, 0) is 27.7 Å². The van der Waals surface area contributed by atoms with Crippen molar-refractivity contribution in [2.45, 2.75) is 68.3 Å². The van der Waals surface area contributed by atoms with E-state index in [0.717, 1.165) is 32.1 Å². The fourth-order valence-electron chi connectivity index (χ4n) is 4.57. The van der Waals surface area contributed by atoms with E-state index in [2.05, 4.69) is 15.0 Å². The minimum absolute atomic E-state index is 0.153. The van der Waals surface area contributed by atoms with Crippen molar-refractivity contribution in [3.8, 4) is 0 Å². The van der Waals surface area contributed by atoms with E-state index in [-0.39, 0.29) is 24.0 Å². The molecule has 0 bridgehead atoms. The molecular formula is C23H36N7O8PS. The van der Waals surface area contributed by atoms with Gasteiger partial charge < -0.3 is 30.1 Å². The monoisotopic (exact) mass is 601 g/mol. The Kier molecular flexibility index (Phi) is 10.4. The number of fused-ring (bicyclic) bond motifs is 1. The summed E-state index contributed by atoms with van der Waals surface area (Å²) in [5.41, 5.74) is 6.43. The molecule has 2 saturated heterocycles. The lowest BCUT2D eigenvalue weighted by molar-refractivity contribution is -0.130. The highest BCUT2D eigenvalue weighted by Gasteiger charge is 2.46. The zero-order valence-electron chi connectivity index (χ0n) is 22.4. The summed E-state index contributed by atoms with van der Waals surface area (Å²) in [6.07, 6.45) is 1.68. The van der Waals surface area contributed by atoms with Gasteiger partial charge in [0.05, 0.1) is 12.9 Å². The highest BCUT2D eigenvalue weighted by molar-refractivity contribution is 7.99. The first-order valence-corrected chi connectivity index (χ1v) is 15.5. The molecule has 2 aromatic rings. The van der Waals surface area contributed by atoms with Gasteiger partial charge in [0, 0.05) is 38.8 Å². The van der Waals surface area contributed by atoms with Crippen LogP contribution in [-0.4, -0.2) is 103 Å². The van der Waals surface area contributed by atoms with Crippen molar-refractivity contribution in [3.05, 3.63) is 12.7 Å². The number of nitrogens with two attached hydrogens (primary N) is 1. The number of amides is 1. The zero-order chi connectivity index (χ0) is 28.9. The number of hydrogen-bond acceptors (Lipinski definition) is 14. The van der Waals surface area contributed by atoms with Crippen LogP contribution in [0.3, 0.4) is 0 Å². The van der Waals surface area contributed by atoms with Crippen molar-refractivity contribution in [3.63, 3.8) is 0 Å². The number of thioether (sulfide) groups is 1. The summed E-state index contributed by atoms with van der Waals surface area (Å²) in [4.78, 5) is 25.9. The number of nitrogen functional groups attached to an aromatic ring is 1. The van der Waals surface area contributed by atoms with Gasteiger partial charge in [0.15, 0.2) is 23.6 Å². The molecule has 0 saturated carbocycles. The smallest absolute Gasteiger partial charge is 0.390 e. The molecule has 0 radical (unpaired) electrons. The highest BCUT2D eigenvalue weighted by Crippen LogP contribution is 2.50. The Labute approximate surface area is 235 Å². The Morgan fingerprint density at radius 1 is 1.30 bits per heavy atom. The van der Waals surface area contributed by atoms with E-state index in [9.17, 15) is 19.6 Å². The summed E-state index contributed by atoms with van der Waals surface area (Å²) < 4.78 is 35.7. The van der Waals surface area contributed by atoms with Gasteiger partial charge in [-0.15, -0.1) is 0 Å². The van der Waals surface area contributed by atoms with Crippen LogP contribution in [0.4, 0.5) is 5.82 Å². The summed E-state index contributed by atoms with van der Waals surface area (Å²) in [7, 11) is -1.23. The number of hydrogen-bond donors (Lipinski definition) is 4. The molecule has 222 valence electrons. The molecule has 4 rings (SSSR count). The van der Waals surface area contributed by atoms with Crippen LogP contribution in [0.15, 0.2) is 12.7 Å². The normalized spacial score (nSPS) is 27.4. The van der Waals surface area contributed by atoms with Gasteiger partial charge >= 0.3 is 7.82 Å². The first-order chi connectivity index (χ1) is 19.1. The number of nitrogens with zero attached hydrogens (tertiary/aromatic N) is 5. The zero-order valence-corrected chi connectivity index (χ0v) is 24.1. The number of unbranched alkanes of at least 4 members (excludes halogenated alkanes) is 1. The number of aliphatic hydroxyl groups excluding tert-OH is 2. The molecule has 40 heavy (non-hydrogen) atoms. The molecule has 4 heterocycles. The average Bonchev–Trinajstić information content (AvgIpc) is 3.48. The van der Waals surface area contributed by atoms with Crippen molar-refractivity contribution in [2.75, 3.05) is 38.8 Å². The van der Waals surface area contributed by atoms with E-state index < -0.39 is 39.0 Å². The van der Waals surface area contributed by atoms with Gasteiger partial charge in [-0.1, -0.05) is 6.42 Å². The molecule has 6 unspecified atom stereocenters. The lowest BCUT2D eigenvalue weighted by Gasteiger charge is -2.26. The molecule has 1 amide bonds. The molecule has 2 fully saturated rings. The largest absolute Gasteiger partial charge is 0.530 e. The number of rotatable bonds is 11. The summed E-state index contributed by atoms with van der Waals surface area (Å²) >= 11 is 1.86. The molecular weight excluding hydrogens is 565 g/mol. The van der Waals surface area contributed by atoms with E-state index in [1.165, 1.54) is 17.2 Å². The second-order valence-electron chi connectivity index (χ2n) is 9.69. The van der Waals surface area contributed by atoms with Gasteiger partial charge in [-0.2, -0.15) is 11.8 Å². The number of anilines is 1. The van der Waals surface area contributed by atoms with Gasteiger partial charge in [0.1, 0.15) is 30.2 Å². The van der Waals surface area contributed by atoms with Crippen molar-refractivity contribution < 1.29 is 37.9 Å². The minimum atomic E-state index is -4.18. The lowest BCUT2D eigenvalue weighted by atomic mass is 10.1. The van der Waals surface area contributed by atoms with Crippen molar-refractivity contribution in [1.82, 2.24) is 24.4 Å². The Bertz CT molecular complexity index is 1240. The van der Waals surface area contributed by atoms with E-state index in [1.54, 1.807) is 4.90 Å². The van der Waals surface area contributed by atoms with Crippen LogP contribution in [0.1, 0.15) is 44.8 Å². The second kappa shape index (κ2) is 13.6. The number of phosphoric ester groups is 1. The van der Waals surface area contributed by atoms with Crippen LogP contribution in [0.25, 0.3) is 11.2 Å². The van der Waals surface area contributed by atoms with Gasteiger partial charge in [-0.05, 0) is 25.0 Å². The SMILES string of the molecule is COP(=O)(OCC1OC(n2cnc3c(N)ncnc32)C(O)C1O)OC(=N)CCCCC1CN(C)C(=O)CCCS1. The van der Waals surface area contributed by atoms with Crippen molar-refractivity contribution in [2.24, 2.45) is 0 Å². The highest BCUT2D eigenvalue weighted by atomic mass is 32.2. The molecule has 15 nitrogen and oxygen atoms in total. The predicted molar refractivity (Wildman–Crippen MR) is 147 cm³/mol. The third-order valence-electron chi connectivity index (χ3n) is 6.81. The van der Waals surface area contributed by atoms with Crippen LogP contribution >= 0.6 is 19.6 Å². The van der Waals surface area contributed by atoms with Gasteiger partial charge in [0.25, 0.3) is 0 Å². The summed E-state index contributed by atoms with van der Waals surface area (Å²) in [6, 6.07) is 0. The maximum absolute atomic E-state index is 13.0. The fraction of sp³-hybridized carbons (Fsp3) is 0.696. The first kappa shape index (κ1) is 30.6. The Balaban J connectivity index is 1.24. The van der Waals surface area contributed by atoms with E-state index in [4.69, 9.17) is 29.5 Å². The maximum atomic E-state index is 13.0. The number of aromatic nitrogens is 4. The third-order valence-corrected chi connectivity index (χ3v) is 9.55. The van der Waals surface area contributed by atoms with Crippen molar-refractivity contribution >= 4 is 48.4 Å². The molecule has 0 aromatic carbocycles. The molecule has 0 aliphatic carbocycles. The number of nitrogens with one attached hydrogen (secondary N) is 1. The molecule has 2 aromatic heterocycles. The van der Waals surface area contributed by atoms with Crippen LogP contribution in [0.5, 0.6) is 0 Å². The van der Waals surface area contributed by atoms with E-state index >= 15 is 0 Å². The number of ether oxygens (including phenoxy) is 1. The lowest BCUT2D eigenvalue weighted by Crippen LogP contribution is -2.34. The van der Waals surface area contributed by atoms with Crippen molar-refractivity contribution in [1.29, 1.82) is 5.41 Å². The average molecular weight is 602 g/mol. The number of carbonyl (C=O) groups excluding carboxylic acids is 1. The van der Waals surface area contributed by atoms with Crippen LogP contribution in [0, 0.1) is 5.41 Å². The van der Waals surface area contributed by atoms with Gasteiger partial charge in [0.2, 0.25) is 5.91 Å². The molecule has 0 spiro atoms. The Morgan fingerprint density at radius 3 is 2.88 bits per heavy atom. The molecule has 17 heteroatoms. The quantitative estimate of drug-likeness (QED) is 0.125. The van der Waals surface area contributed by atoms with E-state index in [1.807, 2.05) is 18.8 Å². The Morgan fingerprint density at radius 2 is 2.10 bits per heavy atom. The molecule has 2 aliphatic rings.